The van der Waals surface area contributed by atoms with Gasteiger partial charge in [-0.1, -0.05) is 26.3 Å². The quantitative estimate of drug-likeness (QED) is 0.775. The molecule has 0 heterocycles. The summed E-state index contributed by atoms with van der Waals surface area (Å²) in [7, 11) is 1.66. The fourth-order valence-corrected chi connectivity index (χ4v) is 2.86. The van der Waals surface area contributed by atoms with Crippen molar-refractivity contribution in [3.05, 3.63) is 23.8 Å². The molecular weight excluding hydrogens is 278 g/mol. The number of nitrogens with one attached hydrogen (secondary N) is 1. The predicted octanol–water partition coefficient (Wildman–Crippen LogP) is 2.98. The average Bonchev–Trinajstić information content (AvgIpc) is 2.90. The summed E-state index contributed by atoms with van der Waals surface area (Å²) < 4.78 is 11.2. The summed E-state index contributed by atoms with van der Waals surface area (Å²) in [5.74, 6) is 2.46. The second-order valence-corrected chi connectivity index (χ2v) is 6.58. The number of hydrogen-bond acceptors (Lipinski definition) is 4. The number of methoxy groups -OCH3 is 1. The van der Waals surface area contributed by atoms with Crippen LogP contribution in [0.15, 0.2) is 18.2 Å². The summed E-state index contributed by atoms with van der Waals surface area (Å²) in [6.07, 6.45) is 3.08. The monoisotopic (exact) mass is 307 g/mol. The van der Waals surface area contributed by atoms with Gasteiger partial charge in [0.15, 0.2) is 11.5 Å². The molecule has 1 aromatic carbocycles. The van der Waals surface area contributed by atoms with Gasteiger partial charge in [-0.25, -0.2) is 0 Å². The van der Waals surface area contributed by atoms with Crippen molar-refractivity contribution in [2.24, 2.45) is 11.8 Å². The maximum absolute atomic E-state index is 9.84. The Balaban J connectivity index is 1.88. The van der Waals surface area contributed by atoms with Crippen LogP contribution in [0, 0.1) is 11.8 Å². The molecule has 0 radical (unpaired) electrons. The van der Waals surface area contributed by atoms with Gasteiger partial charge in [-0.2, -0.15) is 0 Å². The van der Waals surface area contributed by atoms with E-state index in [0.717, 1.165) is 43.9 Å². The van der Waals surface area contributed by atoms with Gasteiger partial charge in [0.1, 0.15) is 0 Å². The van der Waals surface area contributed by atoms with Crippen LogP contribution in [0.4, 0.5) is 0 Å². The number of hydrogen-bond donors (Lipinski definition) is 2. The second kappa shape index (κ2) is 8.39. The molecule has 2 rings (SSSR count). The van der Waals surface area contributed by atoms with Crippen LogP contribution < -0.4 is 14.8 Å². The van der Waals surface area contributed by atoms with Crippen molar-refractivity contribution < 1.29 is 14.6 Å². The van der Waals surface area contributed by atoms with Crippen molar-refractivity contribution in [3.8, 4) is 11.5 Å². The van der Waals surface area contributed by atoms with E-state index in [2.05, 4.69) is 25.2 Å². The van der Waals surface area contributed by atoms with Gasteiger partial charge in [-0.3, -0.25) is 0 Å². The Labute approximate surface area is 133 Å². The summed E-state index contributed by atoms with van der Waals surface area (Å²) in [5, 5.41) is 13.3. The zero-order chi connectivity index (χ0) is 15.9. The lowest BCUT2D eigenvalue weighted by atomic mass is 10.1. The Morgan fingerprint density at radius 3 is 2.73 bits per heavy atom. The molecule has 2 N–H and O–H groups in total. The highest BCUT2D eigenvalue weighted by Gasteiger charge is 2.24. The van der Waals surface area contributed by atoms with Crippen molar-refractivity contribution in [3.63, 3.8) is 0 Å². The molecule has 1 aliphatic carbocycles. The average molecular weight is 307 g/mol. The molecular formula is C18H29NO3. The lowest BCUT2D eigenvalue weighted by molar-refractivity contribution is 0.131. The highest BCUT2D eigenvalue weighted by atomic mass is 16.5. The number of rotatable bonds is 8. The lowest BCUT2D eigenvalue weighted by Gasteiger charge is -2.16. The molecule has 4 heteroatoms. The first-order valence-corrected chi connectivity index (χ1v) is 8.28. The van der Waals surface area contributed by atoms with Crippen LogP contribution in [0.1, 0.15) is 38.7 Å². The Hall–Kier alpha value is -1.26. The Morgan fingerprint density at radius 1 is 1.27 bits per heavy atom. The van der Waals surface area contributed by atoms with Gasteiger partial charge in [0.2, 0.25) is 0 Å². The Morgan fingerprint density at radius 2 is 2.09 bits per heavy atom. The molecule has 1 aromatic rings. The third-order valence-corrected chi connectivity index (χ3v) is 4.15. The number of aliphatic hydroxyl groups excluding tert-OH is 1. The second-order valence-electron chi connectivity index (χ2n) is 6.58. The third-order valence-electron chi connectivity index (χ3n) is 4.15. The SMILES string of the molecule is COc1ccc(CNCC2CCCC2O)cc1OCC(C)C. The number of benzene rings is 1. The van der Waals surface area contributed by atoms with Crippen LogP contribution in [0.3, 0.4) is 0 Å². The largest absolute Gasteiger partial charge is 0.493 e. The van der Waals surface area contributed by atoms with Crippen molar-refractivity contribution >= 4 is 0 Å². The van der Waals surface area contributed by atoms with E-state index in [4.69, 9.17) is 9.47 Å². The topological polar surface area (TPSA) is 50.7 Å². The van der Waals surface area contributed by atoms with Crippen LogP contribution in [0.2, 0.25) is 0 Å². The van der Waals surface area contributed by atoms with Crippen LogP contribution in [0.25, 0.3) is 0 Å². The molecule has 124 valence electrons. The molecule has 0 bridgehead atoms. The van der Waals surface area contributed by atoms with E-state index in [-0.39, 0.29) is 6.10 Å². The van der Waals surface area contributed by atoms with Gasteiger partial charge in [-0.15, -0.1) is 0 Å². The van der Waals surface area contributed by atoms with E-state index < -0.39 is 0 Å². The standard InChI is InChI=1S/C18H29NO3/c1-13(2)12-22-18-9-14(7-8-17(18)21-3)10-19-11-15-5-4-6-16(15)20/h7-9,13,15-16,19-20H,4-6,10-12H2,1-3H3. The van der Waals surface area contributed by atoms with Crippen molar-refractivity contribution in [2.45, 2.75) is 45.8 Å². The molecule has 22 heavy (non-hydrogen) atoms. The first-order valence-electron chi connectivity index (χ1n) is 8.28. The Kier molecular flexibility index (Phi) is 6.52. The molecule has 1 fully saturated rings. The molecule has 0 amide bonds. The molecule has 0 saturated heterocycles. The Bertz CT molecular complexity index is 462. The van der Waals surface area contributed by atoms with Gasteiger partial charge in [-0.05, 0) is 42.4 Å². The third kappa shape index (κ3) is 4.89. The zero-order valence-electron chi connectivity index (χ0n) is 14.0. The summed E-state index contributed by atoms with van der Waals surface area (Å²) in [6.45, 7) is 6.59. The van der Waals surface area contributed by atoms with E-state index in [1.165, 1.54) is 5.56 Å². The first kappa shape index (κ1) is 17.1. The molecule has 0 aliphatic heterocycles. The van der Waals surface area contributed by atoms with Crippen LogP contribution in [-0.2, 0) is 6.54 Å². The van der Waals surface area contributed by atoms with Crippen molar-refractivity contribution in [1.29, 1.82) is 0 Å². The molecule has 4 nitrogen and oxygen atoms in total. The van der Waals surface area contributed by atoms with E-state index in [0.29, 0.717) is 18.4 Å². The smallest absolute Gasteiger partial charge is 0.161 e. The molecule has 2 atom stereocenters. The number of aliphatic hydroxyl groups is 1. The summed E-state index contributed by atoms with van der Waals surface area (Å²) in [6, 6.07) is 6.05. The summed E-state index contributed by atoms with van der Waals surface area (Å²) >= 11 is 0. The molecule has 2 unspecified atom stereocenters. The summed E-state index contributed by atoms with van der Waals surface area (Å²) in [4.78, 5) is 0. The van der Waals surface area contributed by atoms with Gasteiger partial charge in [0.25, 0.3) is 0 Å². The van der Waals surface area contributed by atoms with Gasteiger partial charge >= 0.3 is 0 Å². The van der Waals surface area contributed by atoms with Crippen molar-refractivity contribution in [1.82, 2.24) is 5.32 Å². The van der Waals surface area contributed by atoms with Crippen LogP contribution >= 0.6 is 0 Å². The fourth-order valence-electron chi connectivity index (χ4n) is 2.86. The summed E-state index contributed by atoms with van der Waals surface area (Å²) in [5.41, 5.74) is 1.17. The molecule has 0 spiro atoms. The van der Waals surface area contributed by atoms with Gasteiger partial charge < -0.3 is 19.9 Å². The van der Waals surface area contributed by atoms with E-state index in [1.54, 1.807) is 7.11 Å². The van der Waals surface area contributed by atoms with Crippen molar-refractivity contribution in [2.75, 3.05) is 20.3 Å². The molecule has 1 saturated carbocycles. The van der Waals surface area contributed by atoms with Crippen LogP contribution in [0.5, 0.6) is 11.5 Å². The zero-order valence-corrected chi connectivity index (χ0v) is 14.0. The normalized spacial score (nSPS) is 21.3. The number of ether oxygens (including phenoxy) is 2. The lowest BCUT2D eigenvalue weighted by Crippen LogP contribution is -2.27. The van der Waals surface area contributed by atoms with Crippen LogP contribution in [-0.4, -0.2) is 31.5 Å². The van der Waals surface area contributed by atoms with Gasteiger partial charge in [0.05, 0.1) is 19.8 Å². The predicted molar refractivity (Wildman–Crippen MR) is 88.4 cm³/mol. The fraction of sp³-hybridized carbons (Fsp3) is 0.667. The minimum Gasteiger partial charge on any atom is -0.493 e. The first-order chi connectivity index (χ1) is 10.6. The molecule has 1 aliphatic rings. The van der Waals surface area contributed by atoms with E-state index >= 15 is 0 Å². The molecule has 0 aromatic heterocycles. The maximum atomic E-state index is 9.84. The minimum absolute atomic E-state index is 0.131. The van der Waals surface area contributed by atoms with E-state index in [1.807, 2.05) is 12.1 Å². The highest BCUT2D eigenvalue weighted by Crippen LogP contribution is 2.29. The highest BCUT2D eigenvalue weighted by molar-refractivity contribution is 5.42. The minimum atomic E-state index is -0.131. The van der Waals surface area contributed by atoms with Gasteiger partial charge in [0, 0.05) is 13.1 Å². The maximum Gasteiger partial charge on any atom is 0.161 e. The van der Waals surface area contributed by atoms with E-state index in [9.17, 15) is 5.11 Å².